The van der Waals surface area contributed by atoms with Crippen molar-refractivity contribution >= 4 is 0 Å². The summed E-state index contributed by atoms with van der Waals surface area (Å²) in [5.41, 5.74) is 3.99. The van der Waals surface area contributed by atoms with Crippen LogP contribution in [0.25, 0.3) is 0 Å². The molecule has 0 saturated carbocycles. The molecule has 0 aliphatic rings. The molecule has 0 radical (unpaired) electrons. The molecule has 0 aliphatic carbocycles. The molecule has 0 saturated heterocycles. The summed E-state index contributed by atoms with van der Waals surface area (Å²) in [6.45, 7) is 33.4. The normalized spacial score (nSPS) is 13.7. The summed E-state index contributed by atoms with van der Waals surface area (Å²) < 4.78 is 0. The van der Waals surface area contributed by atoms with Crippen LogP contribution in [-0.2, 0) is 0 Å². The number of aliphatic hydroxyl groups is 1. The van der Waals surface area contributed by atoms with Crippen LogP contribution in [0, 0.1) is 11.8 Å². The van der Waals surface area contributed by atoms with Crippen LogP contribution in [-0.4, -0.2) is 36.8 Å². The molecule has 0 fully saturated rings. The molecule has 5 N–H and O–H groups in total. The molecule has 0 aliphatic heterocycles. The van der Waals surface area contributed by atoms with Crippen LogP contribution in [0.2, 0.25) is 0 Å². The molecule has 0 heterocycles. The highest BCUT2D eigenvalue weighted by Gasteiger charge is 2.20. The molecular formula is C27H50N4O. The molecule has 5 heteroatoms. The molecular weight excluding hydrogens is 396 g/mol. The first-order chi connectivity index (χ1) is 15.0. The zero-order valence-corrected chi connectivity index (χ0v) is 21.4. The van der Waals surface area contributed by atoms with Gasteiger partial charge >= 0.3 is 0 Å². The maximum absolute atomic E-state index is 9.28. The van der Waals surface area contributed by atoms with Gasteiger partial charge in [-0.05, 0) is 38.0 Å². The van der Waals surface area contributed by atoms with E-state index in [1.165, 1.54) is 0 Å². The second-order valence-electron chi connectivity index (χ2n) is 9.57. The van der Waals surface area contributed by atoms with Crippen molar-refractivity contribution in [1.82, 2.24) is 21.3 Å². The highest BCUT2D eigenvalue weighted by Crippen LogP contribution is 2.17. The average molecular weight is 447 g/mol. The maximum atomic E-state index is 9.28. The fourth-order valence-electron chi connectivity index (χ4n) is 3.50. The van der Waals surface area contributed by atoms with Crippen LogP contribution in [0.3, 0.4) is 0 Å². The van der Waals surface area contributed by atoms with Gasteiger partial charge in [-0.15, -0.1) is 0 Å². The van der Waals surface area contributed by atoms with Gasteiger partial charge in [-0.1, -0.05) is 72.6 Å². The van der Waals surface area contributed by atoms with E-state index in [0.717, 1.165) is 61.4 Å². The Morgan fingerprint density at radius 3 is 2.09 bits per heavy atom. The summed E-state index contributed by atoms with van der Waals surface area (Å²) in [4.78, 5) is 0. The van der Waals surface area contributed by atoms with Gasteiger partial charge in [0.2, 0.25) is 0 Å². The van der Waals surface area contributed by atoms with Crippen molar-refractivity contribution in [3.05, 3.63) is 61.3 Å². The summed E-state index contributed by atoms with van der Waals surface area (Å²) in [5, 5.41) is 23.3. The van der Waals surface area contributed by atoms with E-state index in [-0.39, 0.29) is 11.8 Å². The lowest BCUT2D eigenvalue weighted by molar-refractivity contribution is 0.382. The zero-order chi connectivity index (χ0) is 24.7. The van der Waals surface area contributed by atoms with Gasteiger partial charge in [-0.3, -0.25) is 0 Å². The van der Waals surface area contributed by atoms with Crippen molar-refractivity contribution in [2.24, 2.45) is 11.8 Å². The number of aliphatic hydroxyl groups excluding tert-OH is 1. The number of rotatable bonds is 20. The van der Waals surface area contributed by atoms with E-state index in [1.54, 1.807) is 0 Å². The molecule has 0 spiro atoms. The van der Waals surface area contributed by atoms with Crippen LogP contribution in [0.4, 0.5) is 0 Å². The first-order valence-electron chi connectivity index (χ1n) is 12.0. The van der Waals surface area contributed by atoms with Crippen molar-refractivity contribution in [3.63, 3.8) is 0 Å². The van der Waals surface area contributed by atoms with E-state index in [2.05, 4.69) is 81.9 Å². The Bertz CT molecular complexity index is 623. The molecule has 3 atom stereocenters. The fourth-order valence-corrected chi connectivity index (χ4v) is 3.50. The first kappa shape index (κ1) is 29.9. The summed E-state index contributed by atoms with van der Waals surface area (Å²) in [7, 11) is 0. The van der Waals surface area contributed by atoms with Crippen molar-refractivity contribution < 1.29 is 5.11 Å². The van der Waals surface area contributed by atoms with Crippen LogP contribution in [0.1, 0.15) is 66.7 Å². The van der Waals surface area contributed by atoms with E-state index in [0.29, 0.717) is 30.8 Å². The molecule has 32 heavy (non-hydrogen) atoms. The Hall–Kier alpha value is -2.14. The van der Waals surface area contributed by atoms with E-state index < -0.39 is 0 Å². The van der Waals surface area contributed by atoms with Gasteiger partial charge in [0.05, 0.1) is 18.3 Å². The Balaban J connectivity index is 4.75. The third-order valence-electron chi connectivity index (χ3n) is 5.40. The Morgan fingerprint density at radius 1 is 0.906 bits per heavy atom. The zero-order valence-electron chi connectivity index (χ0n) is 21.4. The van der Waals surface area contributed by atoms with Gasteiger partial charge in [0.15, 0.2) is 0 Å². The van der Waals surface area contributed by atoms with Crippen molar-refractivity contribution in [2.75, 3.05) is 19.6 Å². The molecule has 0 amide bonds. The lowest BCUT2D eigenvalue weighted by Crippen LogP contribution is -2.43. The molecule has 0 aromatic carbocycles. The standard InChI is InChI=1S/C27H50N4O/c1-11-21(6)27(31-22(7)13-12-14-24(9)32)25(10)29-17-23(8)30-26(15-19(2)3)18-28-16-20(4)5/h19,21,26-32H,4,7-18H2,1-3,5-6H3/t21-,26?,27?/m0/s1. The van der Waals surface area contributed by atoms with Crippen molar-refractivity contribution in [1.29, 1.82) is 0 Å². The second kappa shape index (κ2) is 16.5. The van der Waals surface area contributed by atoms with E-state index in [1.807, 2.05) is 6.92 Å². The smallest absolute Gasteiger partial charge is 0.0851 e. The average Bonchev–Trinajstić information content (AvgIpc) is 2.68. The second-order valence-corrected chi connectivity index (χ2v) is 9.57. The minimum absolute atomic E-state index is 0.0846. The number of hydrogen-bond donors (Lipinski definition) is 5. The van der Waals surface area contributed by atoms with Crippen LogP contribution in [0.15, 0.2) is 61.3 Å². The largest absolute Gasteiger partial charge is 0.513 e. The Morgan fingerprint density at radius 2 is 1.56 bits per heavy atom. The minimum Gasteiger partial charge on any atom is -0.513 e. The van der Waals surface area contributed by atoms with Gasteiger partial charge in [-0.25, -0.2) is 0 Å². The topological polar surface area (TPSA) is 68.3 Å². The molecule has 0 rings (SSSR count). The predicted molar refractivity (Wildman–Crippen MR) is 141 cm³/mol. The third kappa shape index (κ3) is 14.8. The van der Waals surface area contributed by atoms with Crippen LogP contribution >= 0.6 is 0 Å². The van der Waals surface area contributed by atoms with Gasteiger partial charge in [0.25, 0.3) is 0 Å². The molecule has 2 unspecified atom stereocenters. The fraction of sp³-hybridized carbons (Fsp3) is 0.630. The molecule has 0 aromatic heterocycles. The van der Waals surface area contributed by atoms with Gasteiger partial charge < -0.3 is 26.4 Å². The summed E-state index contributed by atoms with van der Waals surface area (Å²) in [6, 6.07) is 0.405. The SMILES string of the molecule is C=C(C)CNCC(CC(C)C)NC(=C)CNC(=C)C(NC(=C)CCCC(=C)O)[C@@H](C)CC. The highest BCUT2D eigenvalue weighted by atomic mass is 16.3. The predicted octanol–water partition coefficient (Wildman–Crippen LogP) is 5.53. The van der Waals surface area contributed by atoms with E-state index >= 15 is 0 Å². The third-order valence-corrected chi connectivity index (χ3v) is 5.40. The summed E-state index contributed by atoms with van der Waals surface area (Å²) in [6.07, 6.45) is 4.31. The van der Waals surface area contributed by atoms with Crippen molar-refractivity contribution in [3.8, 4) is 0 Å². The summed E-state index contributed by atoms with van der Waals surface area (Å²) >= 11 is 0. The number of nitrogens with one attached hydrogen (secondary N) is 4. The maximum Gasteiger partial charge on any atom is 0.0851 e. The van der Waals surface area contributed by atoms with Crippen LogP contribution in [0.5, 0.6) is 0 Å². The van der Waals surface area contributed by atoms with Gasteiger partial charge in [0.1, 0.15) is 0 Å². The number of hydrogen-bond acceptors (Lipinski definition) is 5. The first-order valence-corrected chi connectivity index (χ1v) is 12.0. The lowest BCUT2D eigenvalue weighted by atomic mass is 9.96. The van der Waals surface area contributed by atoms with Gasteiger partial charge in [-0.2, -0.15) is 0 Å². The molecule has 5 nitrogen and oxygen atoms in total. The quantitative estimate of drug-likeness (QED) is 0.126. The molecule has 0 aromatic rings. The van der Waals surface area contributed by atoms with Gasteiger partial charge in [0, 0.05) is 42.6 Å². The minimum atomic E-state index is 0.0846. The molecule has 184 valence electrons. The lowest BCUT2D eigenvalue weighted by Gasteiger charge is -2.30. The number of allylic oxidation sites excluding steroid dienone is 2. The van der Waals surface area contributed by atoms with Crippen molar-refractivity contribution in [2.45, 2.75) is 78.8 Å². The highest BCUT2D eigenvalue weighted by molar-refractivity contribution is 5.12. The van der Waals surface area contributed by atoms with Crippen LogP contribution < -0.4 is 21.3 Å². The molecule has 0 bridgehead atoms. The van der Waals surface area contributed by atoms with E-state index in [4.69, 9.17) is 0 Å². The Labute approximate surface area is 198 Å². The Kier molecular flexibility index (Phi) is 15.4. The van der Waals surface area contributed by atoms with E-state index in [9.17, 15) is 5.11 Å². The summed E-state index contributed by atoms with van der Waals surface area (Å²) in [5.74, 6) is 1.22. The monoisotopic (exact) mass is 446 g/mol.